The molecule has 0 unspecified atom stereocenters. The first-order valence-electron chi connectivity index (χ1n) is 6.16. The van der Waals surface area contributed by atoms with Gasteiger partial charge in [-0.1, -0.05) is 6.07 Å². The number of carbonyl (C=O) groups is 1. The molecule has 6 heteroatoms. The first-order chi connectivity index (χ1) is 9.50. The Hall–Kier alpha value is -1.82. The van der Waals surface area contributed by atoms with Gasteiger partial charge in [0.2, 0.25) is 0 Å². The lowest BCUT2D eigenvalue weighted by Crippen LogP contribution is -2.09. The second-order valence-corrected chi connectivity index (χ2v) is 5.45. The predicted octanol–water partition coefficient (Wildman–Crippen LogP) is 3.50. The summed E-state index contributed by atoms with van der Waals surface area (Å²) in [5.41, 5.74) is 1.03. The van der Waals surface area contributed by atoms with E-state index in [1.54, 1.807) is 24.7 Å². The third kappa shape index (κ3) is 3.01. The van der Waals surface area contributed by atoms with Gasteiger partial charge < -0.3 is 14.4 Å². The highest BCUT2D eigenvalue weighted by Gasteiger charge is 2.15. The fraction of sp³-hybridized carbons (Fsp3) is 0.286. The van der Waals surface area contributed by atoms with Crippen LogP contribution in [-0.2, 0) is 6.61 Å². The molecule has 0 fully saturated rings. The molecule has 1 N–H and O–H groups in total. The predicted molar refractivity (Wildman–Crippen MR) is 78.0 cm³/mol. The van der Waals surface area contributed by atoms with Gasteiger partial charge in [0, 0.05) is 6.04 Å². The van der Waals surface area contributed by atoms with Gasteiger partial charge in [-0.05, 0) is 41.9 Å². The lowest BCUT2D eigenvalue weighted by molar-refractivity contribution is 0.0691. The number of nitrogens with zero attached hydrogens (tertiary/aromatic N) is 2. The summed E-state index contributed by atoms with van der Waals surface area (Å²) in [6, 6.07) is 5.21. The first-order valence-corrected chi connectivity index (χ1v) is 6.95. The van der Waals surface area contributed by atoms with Crippen molar-refractivity contribution in [2.45, 2.75) is 26.5 Å². The van der Waals surface area contributed by atoms with Crippen LogP contribution in [0.15, 0.2) is 35.2 Å². The van der Waals surface area contributed by atoms with Gasteiger partial charge in [-0.25, -0.2) is 9.78 Å². The molecule has 0 spiro atoms. The monoisotopic (exact) mass is 338 g/mol. The number of carboxylic acids is 1. The van der Waals surface area contributed by atoms with Crippen molar-refractivity contribution in [1.82, 2.24) is 9.55 Å². The number of benzene rings is 1. The van der Waals surface area contributed by atoms with Crippen LogP contribution in [0.2, 0.25) is 0 Å². The average molecular weight is 339 g/mol. The number of hydrogen-bond acceptors (Lipinski definition) is 3. The van der Waals surface area contributed by atoms with Crippen molar-refractivity contribution in [2.75, 3.05) is 0 Å². The molecule has 2 aromatic rings. The molecule has 1 aromatic carbocycles. The van der Waals surface area contributed by atoms with Gasteiger partial charge in [0.25, 0.3) is 0 Å². The SMILES string of the molecule is CC(C)n1cncc1COc1c(Br)cccc1C(=O)O. The van der Waals surface area contributed by atoms with E-state index in [-0.39, 0.29) is 18.2 Å². The van der Waals surface area contributed by atoms with Crippen LogP contribution in [0.25, 0.3) is 0 Å². The van der Waals surface area contributed by atoms with Gasteiger partial charge in [-0.15, -0.1) is 0 Å². The number of aromatic carboxylic acids is 1. The zero-order valence-corrected chi connectivity index (χ0v) is 12.8. The van der Waals surface area contributed by atoms with Crippen LogP contribution in [0.1, 0.15) is 35.9 Å². The van der Waals surface area contributed by atoms with Crippen molar-refractivity contribution in [3.63, 3.8) is 0 Å². The number of para-hydroxylation sites is 1. The fourth-order valence-electron chi connectivity index (χ4n) is 1.88. The standard InChI is InChI=1S/C14H15BrN2O3/c1-9(2)17-8-16-6-10(17)7-20-13-11(14(18)19)4-3-5-12(13)15/h3-6,8-9H,7H2,1-2H3,(H,18,19). The van der Waals surface area contributed by atoms with Crippen molar-refractivity contribution in [1.29, 1.82) is 0 Å². The number of ether oxygens (including phenoxy) is 1. The summed E-state index contributed by atoms with van der Waals surface area (Å²) < 4.78 is 8.28. The third-order valence-electron chi connectivity index (χ3n) is 2.86. The molecule has 5 nitrogen and oxygen atoms in total. The van der Waals surface area contributed by atoms with Gasteiger partial charge in [0.05, 0.1) is 22.7 Å². The number of imidazole rings is 1. The van der Waals surface area contributed by atoms with E-state index in [1.165, 1.54) is 6.07 Å². The van der Waals surface area contributed by atoms with Gasteiger partial charge in [0.15, 0.2) is 0 Å². The number of carboxylic acid groups (broad SMARTS) is 1. The van der Waals surface area contributed by atoms with Gasteiger partial charge in [0.1, 0.15) is 17.9 Å². The Kier molecular flexibility index (Phi) is 4.44. The van der Waals surface area contributed by atoms with Crippen molar-refractivity contribution in [3.05, 3.63) is 46.5 Å². The highest BCUT2D eigenvalue weighted by atomic mass is 79.9. The molecule has 0 bridgehead atoms. The van der Waals surface area contributed by atoms with Crippen molar-refractivity contribution in [3.8, 4) is 5.75 Å². The fourth-order valence-corrected chi connectivity index (χ4v) is 2.36. The lowest BCUT2D eigenvalue weighted by Gasteiger charge is -2.14. The van der Waals surface area contributed by atoms with Crippen LogP contribution < -0.4 is 4.74 Å². The topological polar surface area (TPSA) is 64.4 Å². The van der Waals surface area contributed by atoms with E-state index in [2.05, 4.69) is 20.9 Å². The minimum atomic E-state index is -1.02. The Morgan fingerprint density at radius 3 is 2.90 bits per heavy atom. The van der Waals surface area contributed by atoms with E-state index < -0.39 is 5.97 Å². The maximum Gasteiger partial charge on any atom is 0.339 e. The largest absolute Gasteiger partial charge is 0.485 e. The molecular weight excluding hydrogens is 324 g/mol. The summed E-state index contributed by atoms with van der Waals surface area (Å²) in [5, 5.41) is 9.17. The summed E-state index contributed by atoms with van der Waals surface area (Å²) in [6.45, 7) is 4.36. The second kappa shape index (κ2) is 6.09. The normalized spacial score (nSPS) is 10.8. The van der Waals surface area contributed by atoms with E-state index in [4.69, 9.17) is 4.74 Å². The van der Waals surface area contributed by atoms with Crippen LogP contribution in [-0.4, -0.2) is 20.6 Å². The zero-order valence-electron chi connectivity index (χ0n) is 11.2. The Morgan fingerprint density at radius 2 is 2.25 bits per heavy atom. The molecule has 0 aliphatic carbocycles. The number of aromatic nitrogens is 2. The summed E-state index contributed by atoms with van der Waals surface area (Å²) in [5.74, 6) is -0.685. The van der Waals surface area contributed by atoms with Gasteiger partial charge in [-0.3, -0.25) is 0 Å². The Labute approximate surface area is 125 Å². The summed E-state index contributed by atoms with van der Waals surface area (Å²) in [7, 11) is 0. The van der Waals surface area contributed by atoms with Crippen LogP contribution in [0.5, 0.6) is 5.75 Å². The molecule has 0 amide bonds. The number of hydrogen-bond donors (Lipinski definition) is 1. The zero-order chi connectivity index (χ0) is 14.7. The van der Waals surface area contributed by atoms with Gasteiger partial charge >= 0.3 is 5.97 Å². The Balaban J connectivity index is 2.23. The van der Waals surface area contributed by atoms with Crippen molar-refractivity contribution in [2.24, 2.45) is 0 Å². The quantitative estimate of drug-likeness (QED) is 0.905. The van der Waals surface area contributed by atoms with E-state index in [1.807, 2.05) is 18.4 Å². The molecule has 1 heterocycles. The molecule has 106 valence electrons. The molecule has 0 aliphatic heterocycles. The lowest BCUT2D eigenvalue weighted by atomic mass is 10.2. The van der Waals surface area contributed by atoms with E-state index in [9.17, 15) is 9.90 Å². The third-order valence-corrected chi connectivity index (χ3v) is 3.49. The minimum Gasteiger partial charge on any atom is -0.485 e. The van der Waals surface area contributed by atoms with Crippen molar-refractivity contribution >= 4 is 21.9 Å². The average Bonchev–Trinajstić information content (AvgIpc) is 2.85. The molecule has 1 aromatic heterocycles. The summed E-state index contributed by atoms with van der Waals surface area (Å²) >= 11 is 3.32. The van der Waals surface area contributed by atoms with Crippen LogP contribution in [0, 0.1) is 0 Å². The molecule has 0 radical (unpaired) electrons. The Bertz CT molecular complexity index is 623. The second-order valence-electron chi connectivity index (χ2n) is 4.60. The molecule has 0 atom stereocenters. The smallest absolute Gasteiger partial charge is 0.339 e. The summed E-state index contributed by atoms with van der Waals surface area (Å²) in [6.07, 6.45) is 3.46. The molecule has 0 saturated carbocycles. The molecule has 0 aliphatic rings. The minimum absolute atomic E-state index is 0.134. The first kappa shape index (κ1) is 14.6. The van der Waals surface area contributed by atoms with Crippen LogP contribution in [0.4, 0.5) is 0 Å². The number of halogens is 1. The molecule has 2 rings (SSSR count). The Morgan fingerprint density at radius 1 is 1.50 bits per heavy atom. The maximum atomic E-state index is 11.2. The highest BCUT2D eigenvalue weighted by Crippen LogP contribution is 2.30. The maximum absolute atomic E-state index is 11.2. The van der Waals surface area contributed by atoms with E-state index in [0.717, 1.165) is 5.69 Å². The van der Waals surface area contributed by atoms with E-state index in [0.29, 0.717) is 10.2 Å². The van der Waals surface area contributed by atoms with Crippen LogP contribution >= 0.6 is 15.9 Å². The number of rotatable bonds is 5. The molecule has 0 saturated heterocycles. The van der Waals surface area contributed by atoms with E-state index >= 15 is 0 Å². The van der Waals surface area contributed by atoms with Crippen molar-refractivity contribution < 1.29 is 14.6 Å². The molecular formula is C14H15BrN2O3. The highest BCUT2D eigenvalue weighted by molar-refractivity contribution is 9.10. The summed E-state index contributed by atoms with van der Waals surface area (Å²) in [4.78, 5) is 15.3. The van der Waals surface area contributed by atoms with Gasteiger partial charge in [-0.2, -0.15) is 0 Å². The molecule has 20 heavy (non-hydrogen) atoms. The van der Waals surface area contributed by atoms with Crippen LogP contribution in [0.3, 0.4) is 0 Å².